The number of amides is 1. The molecule has 0 aromatic heterocycles. The number of esters is 1. The lowest BCUT2D eigenvalue weighted by Crippen LogP contribution is -2.30. The van der Waals surface area contributed by atoms with Crippen LogP contribution in [0.4, 0.5) is 10.5 Å². The Bertz CT molecular complexity index is 1020. The Labute approximate surface area is 208 Å². The van der Waals surface area contributed by atoms with Crippen LogP contribution in [0.2, 0.25) is 0 Å². The molecule has 0 aliphatic carbocycles. The molecular weight excluding hydrogens is 564 g/mol. The molecule has 0 spiro atoms. The third-order valence-corrected chi connectivity index (χ3v) is 5.99. The maximum absolute atomic E-state index is 12.7. The van der Waals surface area contributed by atoms with Gasteiger partial charge in [0.25, 0.3) is 0 Å². The topological polar surface area (TPSA) is 109 Å². The number of carbonyl (C=O) groups is 2. The minimum absolute atomic E-state index is 0.0350. The van der Waals surface area contributed by atoms with E-state index in [1.165, 1.54) is 0 Å². The van der Waals surface area contributed by atoms with Crippen molar-refractivity contribution < 1.29 is 24.2 Å². The lowest BCUT2D eigenvalue weighted by Gasteiger charge is -2.34. The second-order valence-electron chi connectivity index (χ2n) is 7.54. The first-order valence-corrected chi connectivity index (χ1v) is 11.7. The van der Waals surface area contributed by atoms with E-state index in [2.05, 4.69) is 49.8 Å². The van der Waals surface area contributed by atoms with Gasteiger partial charge in [0.2, 0.25) is 0 Å². The van der Waals surface area contributed by atoms with Crippen molar-refractivity contribution in [1.29, 1.82) is 5.26 Å². The number of rotatable bonds is 8. The number of nitriles is 1. The molecule has 1 amide bonds. The number of thiol groups is 1. The molecule has 2 N–H and O–H groups in total. The second kappa shape index (κ2) is 11.6. The molecule has 0 aliphatic heterocycles. The van der Waals surface area contributed by atoms with Crippen molar-refractivity contribution in [2.24, 2.45) is 5.41 Å². The van der Waals surface area contributed by atoms with E-state index >= 15 is 0 Å². The summed E-state index contributed by atoms with van der Waals surface area (Å²) in [5.41, 5.74) is 0.568. The maximum Gasteiger partial charge on any atom is 0.412 e. The number of nitrogens with zero attached hydrogens (tertiary/aromatic N) is 1. The van der Waals surface area contributed by atoms with Gasteiger partial charge in [-0.2, -0.15) is 17.9 Å². The molecule has 2 rings (SSSR count). The summed E-state index contributed by atoms with van der Waals surface area (Å²) in [5, 5.41) is 22.2. The maximum atomic E-state index is 12.7. The molecule has 0 fully saturated rings. The fourth-order valence-electron chi connectivity index (χ4n) is 2.92. The predicted octanol–water partition coefficient (Wildman–Crippen LogP) is 5.97. The predicted molar refractivity (Wildman–Crippen MR) is 131 cm³/mol. The van der Waals surface area contributed by atoms with Crippen LogP contribution in [-0.4, -0.2) is 29.5 Å². The summed E-state index contributed by atoms with van der Waals surface area (Å²) in [6.07, 6.45) is -1.27. The van der Waals surface area contributed by atoms with Gasteiger partial charge in [0, 0.05) is 21.1 Å². The first kappa shape index (κ1) is 26.0. The SMILES string of the molecule is CC(C)(CCOC(=O)CS)[C@H](OC(=O)Nc1ccc(C#N)cc1)c1cc(Br)cc(Br)c1O. The Balaban J connectivity index is 2.30. The van der Waals surface area contributed by atoms with E-state index in [-0.39, 0.29) is 18.1 Å². The van der Waals surface area contributed by atoms with Crippen molar-refractivity contribution in [1.82, 2.24) is 0 Å². The van der Waals surface area contributed by atoms with E-state index in [0.717, 1.165) is 0 Å². The van der Waals surface area contributed by atoms with Crippen molar-refractivity contribution in [2.45, 2.75) is 26.4 Å². The number of phenols is 1. The smallest absolute Gasteiger partial charge is 0.412 e. The Morgan fingerprint density at radius 2 is 1.91 bits per heavy atom. The van der Waals surface area contributed by atoms with Crippen LogP contribution in [0.1, 0.15) is 37.5 Å². The number of anilines is 1. The molecule has 0 aliphatic rings. The molecule has 2 aromatic carbocycles. The Morgan fingerprint density at radius 3 is 2.50 bits per heavy atom. The molecule has 7 nitrogen and oxygen atoms in total. The summed E-state index contributed by atoms with van der Waals surface area (Å²) in [6.45, 7) is 3.78. The van der Waals surface area contributed by atoms with Gasteiger partial charge in [0.05, 0.1) is 28.5 Å². The fourth-order valence-corrected chi connectivity index (χ4v) is 4.27. The standard InChI is InChI=1S/C22H22Br2N2O5S/c1-22(2,7-8-30-18(27)12-32)20(16-9-14(23)10-17(24)19(16)28)31-21(29)26-15-5-3-13(11-25)4-6-15/h3-6,9-10,20,28,32H,7-8,12H2,1-2H3,(H,26,29)/t20-/m1/s1. The third-order valence-electron chi connectivity index (χ3n) is 4.67. The average Bonchev–Trinajstić information content (AvgIpc) is 2.74. The third kappa shape index (κ3) is 7.15. The van der Waals surface area contributed by atoms with Gasteiger partial charge in [-0.15, -0.1) is 0 Å². The molecule has 0 unspecified atom stereocenters. The highest BCUT2D eigenvalue weighted by atomic mass is 79.9. The van der Waals surface area contributed by atoms with Gasteiger partial charge in [0.1, 0.15) is 11.9 Å². The summed E-state index contributed by atoms with van der Waals surface area (Å²) in [6, 6.07) is 11.7. The molecule has 2 aromatic rings. The van der Waals surface area contributed by atoms with E-state index in [0.29, 0.717) is 32.2 Å². The van der Waals surface area contributed by atoms with Crippen molar-refractivity contribution >= 4 is 62.2 Å². The highest BCUT2D eigenvalue weighted by Gasteiger charge is 2.37. The zero-order chi connectivity index (χ0) is 23.9. The van der Waals surface area contributed by atoms with E-state index in [1.54, 1.807) is 36.4 Å². The van der Waals surface area contributed by atoms with Crippen LogP contribution in [0.25, 0.3) is 0 Å². The minimum atomic E-state index is -0.885. The largest absolute Gasteiger partial charge is 0.506 e. The number of nitrogens with one attached hydrogen (secondary N) is 1. The summed E-state index contributed by atoms with van der Waals surface area (Å²) in [7, 11) is 0. The molecular formula is C22H22Br2N2O5S. The van der Waals surface area contributed by atoms with Crippen LogP contribution in [0, 0.1) is 16.7 Å². The van der Waals surface area contributed by atoms with Gasteiger partial charge in [-0.1, -0.05) is 29.8 Å². The molecule has 0 radical (unpaired) electrons. The van der Waals surface area contributed by atoms with Crippen LogP contribution >= 0.6 is 44.5 Å². The number of hydrogen-bond acceptors (Lipinski definition) is 7. The zero-order valence-corrected chi connectivity index (χ0v) is 21.5. The average molecular weight is 586 g/mol. The highest BCUT2D eigenvalue weighted by Crippen LogP contribution is 2.46. The number of aromatic hydroxyl groups is 1. The van der Waals surface area contributed by atoms with Crippen molar-refractivity contribution in [3.05, 3.63) is 56.5 Å². The number of phenolic OH excluding ortho intramolecular Hbond substituents is 1. The van der Waals surface area contributed by atoms with Gasteiger partial charge in [-0.05, 0) is 58.7 Å². The van der Waals surface area contributed by atoms with Crippen LogP contribution < -0.4 is 5.32 Å². The number of carbonyl (C=O) groups excluding carboxylic acids is 2. The van der Waals surface area contributed by atoms with Crippen LogP contribution in [-0.2, 0) is 14.3 Å². The van der Waals surface area contributed by atoms with Crippen LogP contribution in [0.15, 0.2) is 45.3 Å². The fraction of sp³-hybridized carbons (Fsp3) is 0.318. The van der Waals surface area contributed by atoms with Gasteiger partial charge in [0.15, 0.2) is 0 Å². The van der Waals surface area contributed by atoms with Gasteiger partial charge >= 0.3 is 12.1 Å². The summed E-state index contributed by atoms with van der Waals surface area (Å²) in [5.74, 6) is -0.551. The normalized spacial score (nSPS) is 11.9. The first-order chi connectivity index (χ1) is 15.1. The molecule has 0 saturated carbocycles. The molecule has 170 valence electrons. The van der Waals surface area contributed by atoms with E-state index in [4.69, 9.17) is 14.7 Å². The lowest BCUT2D eigenvalue weighted by molar-refractivity contribution is -0.141. The van der Waals surface area contributed by atoms with Crippen molar-refractivity contribution in [2.75, 3.05) is 17.7 Å². The van der Waals surface area contributed by atoms with E-state index in [9.17, 15) is 14.7 Å². The van der Waals surface area contributed by atoms with Gasteiger partial charge < -0.3 is 14.6 Å². The molecule has 0 heterocycles. The van der Waals surface area contributed by atoms with E-state index in [1.807, 2.05) is 19.9 Å². The first-order valence-electron chi connectivity index (χ1n) is 9.49. The quantitative estimate of drug-likeness (QED) is 0.260. The second-order valence-corrected chi connectivity index (χ2v) is 9.63. The monoisotopic (exact) mass is 584 g/mol. The van der Waals surface area contributed by atoms with Crippen LogP contribution in [0.5, 0.6) is 5.75 Å². The number of hydrogen-bond donors (Lipinski definition) is 3. The molecule has 10 heteroatoms. The Hall–Kier alpha value is -2.22. The molecule has 1 atom stereocenters. The zero-order valence-electron chi connectivity index (χ0n) is 17.4. The number of benzene rings is 2. The van der Waals surface area contributed by atoms with E-state index < -0.39 is 23.6 Å². The minimum Gasteiger partial charge on any atom is -0.506 e. The van der Waals surface area contributed by atoms with Gasteiger partial charge in [-0.25, -0.2) is 4.79 Å². The molecule has 0 bridgehead atoms. The summed E-state index contributed by atoms with van der Waals surface area (Å²) >= 11 is 10.6. The van der Waals surface area contributed by atoms with Crippen molar-refractivity contribution in [3.8, 4) is 11.8 Å². The van der Waals surface area contributed by atoms with Gasteiger partial charge in [-0.3, -0.25) is 10.1 Å². The molecule has 0 saturated heterocycles. The lowest BCUT2D eigenvalue weighted by atomic mass is 9.79. The highest BCUT2D eigenvalue weighted by molar-refractivity contribution is 9.11. The Morgan fingerprint density at radius 1 is 1.25 bits per heavy atom. The molecule has 32 heavy (non-hydrogen) atoms. The summed E-state index contributed by atoms with van der Waals surface area (Å²) in [4.78, 5) is 24.1. The number of ether oxygens (including phenoxy) is 2. The summed E-state index contributed by atoms with van der Waals surface area (Å²) < 4.78 is 12.0. The van der Waals surface area contributed by atoms with Crippen molar-refractivity contribution in [3.63, 3.8) is 0 Å². The van der Waals surface area contributed by atoms with Crippen LogP contribution in [0.3, 0.4) is 0 Å². The number of halogens is 2. The Kier molecular flexibility index (Phi) is 9.43.